The van der Waals surface area contributed by atoms with E-state index < -0.39 is 0 Å². The minimum atomic E-state index is -0.169. The van der Waals surface area contributed by atoms with Gasteiger partial charge in [0.2, 0.25) is 11.7 Å². The number of nitrogens with zero attached hydrogens (tertiary/aromatic N) is 3. The second kappa shape index (κ2) is 7.92. The van der Waals surface area contributed by atoms with Gasteiger partial charge in [0.1, 0.15) is 5.75 Å². The maximum atomic E-state index is 9.80. The molecule has 1 unspecified atom stereocenters. The zero-order valence-electron chi connectivity index (χ0n) is 14.3. The Morgan fingerprint density at radius 2 is 1.84 bits per heavy atom. The first-order valence-corrected chi connectivity index (χ1v) is 8.04. The minimum absolute atomic E-state index is 0.0114. The van der Waals surface area contributed by atoms with Gasteiger partial charge in [-0.15, -0.1) is 0 Å². The molecule has 2 aromatic carbocycles. The molecule has 0 fully saturated rings. The Hall–Kier alpha value is -2.70. The van der Waals surface area contributed by atoms with Crippen LogP contribution in [0.25, 0.3) is 11.4 Å². The quantitative estimate of drug-likeness (QED) is 0.714. The zero-order valence-corrected chi connectivity index (χ0v) is 14.3. The molecule has 3 aromatic rings. The first-order chi connectivity index (χ1) is 12.2. The molecule has 1 atom stereocenters. The third-order valence-electron chi connectivity index (χ3n) is 4.09. The van der Waals surface area contributed by atoms with E-state index in [1.165, 1.54) is 0 Å². The van der Waals surface area contributed by atoms with E-state index in [-0.39, 0.29) is 12.6 Å². The molecule has 130 valence electrons. The lowest BCUT2D eigenvalue weighted by atomic mass is 10.1. The second-order valence-corrected chi connectivity index (χ2v) is 5.76. The molecule has 0 spiro atoms. The summed E-state index contributed by atoms with van der Waals surface area (Å²) in [5.41, 5.74) is 1.91. The van der Waals surface area contributed by atoms with Crippen LogP contribution in [-0.2, 0) is 6.54 Å². The molecule has 1 aromatic heterocycles. The number of aliphatic hydroxyl groups is 1. The van der Waals surface area contributed by atoms with Crippen LogP contribution in [0, 0.1) is 0 Å². The Balaban J connectivity index is 1.71. The van der Waals surface area contributed by atoms with Gasteiger partial charge in [-0.2, -0.15) is 4.98 Å². The lowest BCUT2D eigenvalue weighted by Crippen LogP contribution is -2.27. The van der Waals surface area contributed by atoms with Gasteiger partial charge in [-0.05, 0) is 24.7 Å². The van der Waals surface area contributed by atoms with Crippen LogP contribution >= 0.6 is 0 Å². The highest BCUT2D eigenvalue weighted by molar-refractivity contribution is 5.53. The van der Waals surface area contributed by atoms with Crippen LogP contribution in [0.15, 0.2) is 59.1 Å². The maximum Gasteiger partial charge on any atom is 0.241 e. The Kier molecular flexibility index (Phi) is 5.42. The summed E-state index contributed by atoms with van der Waals surface area (Å²) in [6, 6.07) is 17.2. The van der Waals surface area contributed by atoms with E-state index in [1.54, 1.807) is 7.11 Å². The number of hydrogen-bond donors (Lipinski definition) is 1. The van der Waals surface area contributed by atoms with Gasteiger partial charge in [0.15, 0.2) is 0 Å². The number of rotatable bonds is 7. The van der Waals surface area contributed by atoms with E-state index in [0.29, 0.717) is 18.3 Å². The molecule has 0 amide bonds. The highest BCUT2D eigenvalue weighted by Crippen LogP contribution is 2.23. The van der Waals surface area contributed by atoms with Gasteiger partial charge in [0, 0.05) is 5.56 Å². The van der Waals surface area contributed by atoms with Crippen molar-refractivity contribution in [3.63, 3.8) is 0 Å². The SMILES string of the molecule is COc1ccc(C(CO)N(C)Cc2nc(-c3ccccc3)no2)cc1. The zero-order chi connectivity index (χ0) is 17.6. The van der Waals surface area contributed by atoms with Crippen molar-refractivity contribution in [1.82, 2.24) is 15.0 Å². The Morgan fingerprint density at radius 3 is 2.48 bits per heavy atom. The van der Waals surface area contributed by atoms with Gasteiger partial charge >= 0.3 is 0 Å². The predicted octanol–water partition coefficient (Wildman–Crippen LogP) is 2.91. The molecule has 0 aliphatic carbocycles. The fourth-order valence-electron chi connectivity index (χ4n) is 2.67. The molecule has 6 heteroatoms. The molecule has 1 heterocycles. The van der Waals surface area contributed by atoms with E-state index in [4.69, 9.17) is 9.26 Å². The Bertz CT molecular complexity index is 787. The van der Waals surface area contributed by atoms with Gasteiger partial charge < -0.3 is 14.4 Å². The van der Waals surface area contributed by atoms with Crippen molar-refractivity contribution in [1.29, 1.82) is 0 Å². The molecule has 0 aliphatic heterocycles. The van der Waals surface area contributed by atoms with Crippen LogP contribution in [0.3, 0.4) is 0 Å². The minimum Gasteiger partial charge on any atom is -0.497 e. The Labute approximate surface area is 146 Å². The van der Waals surface area contributed by atoms with Crippen molar-refractivity contribution < 1.29 is 14.4 Å². The summed E-state index contributed by atoms with van der Waals surface area (Å²) in [6.45, 7) is 0.430. The van der Waals surface area contributed by atoms with Crippen LogP contribution in [-0.4, -0.2) is 40.9 Å². The summed E-state index contributed by atoms with van der Waals surface area (Å²) in [5.74, 6) is 1.86. The van der Waals surface area contributed by atoms with E-state index >= 15 is 0 Å². The van der Waals surface area contributed by atoms with Crippen LogP contribution in [0.2, 0.25) is 0 Å². The number of hydrogen-bond acceptors (Lipinski definition) is 6. The third kappa shape index (κ3) is 4.04. The highest BCUT2D eigenvalue weighted by Gasteiger charge is 2.19. The van der Waals surface area contributed by atoms with Gasteiger partial charge in [0.25, 0.3) is 0 Å². The first kappa shape index (κ1) is 17.1. The fourth-order valence-corrected chi connectivity index (χ4v) is 2.67. The molecule has 0 saturated carbocycles. The second-order valence-electron chi connectivity index (χ2n) is 5.76. The third-order valence-corrected chi connectivity index (χ3v) is 4.09. The number of aliphatic hydroxyl groups excluding tert-OH is 1. The monoisotopic (exact) mass is 339 g/mol. The van der Waals surface area contributed by atoms with Crippen LogP contribution in [0.4, 0.5) is 0 Å². The van der Waals surface area contributed by atoms with Crippen molar-refractivity contribution in [2.45, 2.75) is 12.6 Å². The van der Waals surface area contributed by atoms with E-state index in [9.17, 15) is 5.11 Å². The normalized spacial score (nSPS) is 12.3. The Morgan fingerprint density at radius 1 is 1.12 bits per heavy atom. The smallest absolute Gasteiger partial charge is 0.241 e. The summed E-state index contributed by atoms with van der Waals surface area (Å²) < 4.78 is 10.5. The van der Waals surface area contributed by atoms with E-state index in [2.05, 4.69) is 10.1 Å². The average Bonchev–Trinajstić information content (AvgIpc) is 3.12. The van der Waals surface area contributed by atoms with Crippen LogP contribution in [0.1, 0.15) is 17.5 Å². The molecular formula is C19H21N3O3. The maximum absolute atomic E-state index is 9.80. The van der Waals surface area contributed by atoms with Gasteiger partial charge in [-0.25, -0.2) is 0 Å². The van der Waals surface area contributed by atoms with Crippen molar-refractivity contribution in [2.75, 3.05) is 20.8 Å². The van der Waals surface area contributed by atoms with Crippen molar-refractivity contribution >= 4 is 0 Å². The average molecular weight is 339 g/mol. The van der Waals surface area contributed by atoms with Crippen molar-refractivity contribution in [3.8, 4) is 17.1 Å². The number of ether oxygens (including phenoxy) is 1. The van der Waals surface area contributed by atoms with Gasteiger partial charge in [-0.3, -0.25) is 4.90 Å². The largest absolute Gasteiger partial charge is 0.497 e. The summed E-state index contributed by atoms with van der Waals surface area (Å²) in [5, 5.41) is 13.8. The lowest BCUT2D eigenvalue weighted by Gasteiger charge is -2.25. The fraction of sp³-hybridized carbons (Fsp3) is 0.263. The van der Waals surface area contributed by atoms with Gasteiger partial charge in [-0.1, -0.05) is 47.6 Å². The molecule has 1 N–H and O–H groups in total. The highest BCUT2D eigenvalue weighted by atomic mass is 16.5. The van der Waals surface area contributed by atoms with Crippen molar-refractivity contribution in [2.24, 2.45) is 0 Å². The topological polar surface area (TPSA) is 71.6 Å². The number of methoxy groups -OCH3 is 1. The van der Waals surface area contributed by atoms with Crippen molar-refractivity contribution in [3.05, 3.63) is 66.1 Å². The molecule has 25 heavy (non-hydrogen) atoms. The number of benzene rings is 2. The lowest BCUT2D eigenvalue weighted by molar-refractivity contribution is 0.131. The summed E-state index contributed by atoms with van der Waals surface area (Å²) in [4.78, 5) is 6.41. The molecule has 0 bridgehead atoms. The van der Waals surface area contributed by atoms with E-state index in [0.717, 1.165) is 16.9 Å². The summed E-state index contributed by atoms with van der Waals surface area (Å²) in [6.07, 6.45) is 0. The van der Waals surface area contributed by atoms with Crippen LogP contribution < -0.4 is 4.74 Å². The molecule has 3 rings (SSSR count). The van der Waals surface area contributed by atoms with E-state index in [1.807, 2.05) is 66.5 Å². The molecule has 0 aliphatic rings. The summed E-state index contributed by atoms with van der Waals surface area (Å²) in [7, 11) is 3.54. The molecule has 0 radical (unpaired) electrons. The molecule has 6 nitrogen and oxygen atoms in total. The summed E-state index contributed by atoms with van der Waals surface area (Å²) >= 11 is 0. The number of aromatic nitrogens is 2. The number of likely N-dealkylation sites (N-methyl/N-ethyl adjacent to an activating group) is 1. The standard InChI is InChI=1S/C19H21N3O3/c1-22(17(13-23)14-8-10-16(24-2)11-9-14)12-18-20-19(21-25-18)15-6-4-3-5-7-15/h3-11,17,23H,12-13H2,1-2H3. The molecule has 0 saturated heterocycles. The first-order valence-electron chi connectivity index (χ1n) is 8.04. The predicted molar refractivity (Wildman–Crippen MR) is 94.0 cm³/mol. The molecular weight excluding hydrogens is 318 g/mol. The van der Waals surface area contributed by atoms with Crippen LogP contribution in [0.5, 0.6) is 5.75 Å². The van der Waals surface area contributed by atoms with Gasteiger partial charge in [0.05, 0.1) is 26.3 Å².